The van der Waals surface area contributed by atoms with Gasteiger partial charge >= 0.3 is 0 Å². The summed E-state index contributed by atoms with van der Waals surface area (Å²) >= 11 is 0. The van der Waals surface area contributed by atoms with Gasteiger partial charge in [-0.15, -0.1) is 0 Å². The highest BCUT2D eigenvalue weighted by molar-refractivity contribution is 5.59. The van der Waals surface area contributed by atoms with Crippen molar-refractivity contribution in [3.63, 3.8) is 0 Å². The van der Waals surface area contributed by atoms with Crippen LogP contribution >= 0.6 is 0 Å². The Morgan fingerprint density at radius 2 is 1.92 bits per heavy atom. The molecule has 7 heteroatoms. The van der Waals surface area contributed by atoms with Gasteiger partial charge < -0.3 is 14.5 Å². The molecule has 24 heavy (non-hydrogen) atoms. The van der Waals surface area contributed by atoms with Crippen LogP contribution in [0.1, 0.15) is 5.56 Å². The molecular weight excluding hydrogens is 308 g/mol. The van der Waals surface area contributed by atoms with Gasteiger partial charge in [0.1, 0.15) is 18.5 Å². The maximum atomic E-state index is 11.1. The second kappa shape index (κ2) is 7.27. The molecule has 0 radical (unpaired) electrons. The monoisotopic (exact) mass is 328 g/mol. The number of nitrogens with zero attached hydrogens (tertiary/aromatic N) is 4. The Kier molecular flexibility index (Phi) is 4.90. The summed E-state index contributed by atoms with van der Waals surface area (Å²) in [4.78, 5) is 19.2. The van der Waals surface area contributed by atoms with Gasteiger partial charge in [0.25, 0.3) is 5.69 Å². The smallest absolute Gasteiger partial charge is 0.289 e. The molecule has 0 aliphatic carbocycles. The van der Waals surface area contributed by atoms with Crippen LogP contribution in [0, 0.1) is 10.1 Å². The Labute approximate surface area is 140 Å². The van der Waals surface area contributed by atoms with E-state index in [-0.39, 0.29) is 5.69 Å². The number of hydrogen-bond donors (Lipinski definition) is 0. The molecule has 0 saturated carbocycles. The first-order valence-corrected chi connectivity index (χ1v) is 7.88. The number of anilines is 1. The predicted molar refractivity (Wildman–Crippen MR) is 91.4 cm³/mol. The van der Waals surface area contributed by atoms with Gasteiger partial charge in [0.2, 0.25) is 5.88 Å². The first-order chi connectivity index (χ1) is 11.6. The van der Waals surface area contributed by atoms with Crippen molar-refractivity contribution in [2.24, 2.45) is 0 Å². The summed E-state index contributed by atoms with van der Waals surface area (Å²) in [6, 6.07) is 11.3. The van der Waals surface area contributed by atoms with Crippen molar-refractivity contribution >= 4 is 11.4 Å². The van der Waals surface area contributed by atoms with Crippen molar-refractivity contribution in [3.8, 4) is 5.88 Å². The molecule has 1 aromatic heterocycles. The van der Waals surface area contributed by atoms with Crippen molar-refractivity contribution in [2.75, 3.05) is 38.1 Å². The van der Waals surface area contributed by atoms with E-state index in [0.717, 1.165) is 31.7 Å². The van der Waals surface area contributed by atoms with Gasteiger partial charge in [0.05, 0.1) is 4.92 Å². The van der Waals surface area contributed by atoms with Gasteiger partial charge in [-0.3, -0.25) is 10.1 Å². The Morgan fingerprint density at radius 3 is 2.58 bits per heavy atom. The zero-order chi connectivity index (χ0) is 16.9. The van der Waals surface area contributed by atoms with Crippen LogP contribution in [0.15, 0.2) is 42.6 Å². The SMILES string of the molecule is CN1CCN(c2cc([N+](=O)[O-])cnc2OCc2ccccc2)CC1. The zero-order valence-electron chi connectivity index (χ0n) is 13.6. The zero-order valence-corrected chi connectivity index (χ0v) is 13.6. The predicted octanol–water partition coefficient (Wildman–Crippen LogP) is 2.32. The average molecular weight is 328 g/mol. The van der Waals surface area contributed by atoms with Crippen LogP contribution < -0.4 is 9.64 Å². The highest BCUT2D eigenvalue weighted by Gasteiger charge is 2.22. The third-order valence-electron chi connectivity index (χ3n) is 4.09. The van der Waals surface area contributed by atoms with Gasteiger partial charge in [-0.2, -0.15) is 0 Å². The number of piperazine rings is 1. The summed E-state index contributed by atoms with van der Waals surface area (Å²) < 4.78 is 5.85. The van der Waals surface area contributed by atoms with Crippen LogP contribution in [0.3, 0.4) is 0 Å². The van der Waals surface area contributed by atoms with Crippen LogP contribution in [0.4, 0.5) is 11.4 Å². The Morgan fingerprint density at radius 1 is 1.21 bits per heavy atom. The molecule has 0 amide bonds. The summed E-state index contributed by atoms with van der Waals surface area (Å²) in [6.07, 6.45) is 1.25. The van der Waals surface area contributed by atoms with Gasteiger partial charge in [0, 0.05) is 32.2 Å². The van der Waals surface area contributed by atoms with E-state index in [9.17, 15) is 10.1 Å². The summed E-state index contributed by atoms with van der Waals surface area (Å²) in [7, 11) is 2.07. The molecule has 1 saturated heterocycles. The minimum absolute atomic E-state index is 0.0176. The van der Waals surface area contributed by atoms with E-state index in [1.165, 1.54) is 6.20 Å². The van der Waals surface area contributed by atoms with Crippen molar-refractivity contribution in [1.29, 1.82) is 0 Å². The number of pyridine rings is 1. The van der Waals surface area contributed by atoms with Crippen LogP contribution in [0.25, 0.3) is 0 Å². The molecule has 0 spiro atoms. The van der Waals surface area contributed by atoms with Crippen molar-refractivity contribution in [2.45, 2.75) is 6.61 Å². The number of benzene rings is 1. The summed E-state index contributed by atoms with van der Waals surface area (Å²) in [5.74, 6) is 0.439. The minimum atomic E-state index is -0.423. The minimum Gasteiger partial charge on any atom is -0.471 e. The first kappa shape index (κ1) is 16.2. The fraction of sp³-hybridized carbons (Fsp3) is 0.353. The third-order valence-corrected chi connectivity index (χ3v) is 4.09. The van der Waals surface area contributed by atoms with Crippen molar-refractivity contribution in [3.05, 3.63) is 58.3 Å². The molecule has 0 unspecified atom stereocenters. The molecule has 0 atom stereocenters. The standard InChI is InChI=1S/C17H20N4O3/c1-19-7-9-20(10-8-19)16-11-15(21(22)23)12-18-17(16)24-13-14-5-3-2-4-6-14/h2-6,11-12H,7-10,13H2,1H3. The number of rotatable bonds is 5. The maximum Gasteiger partial charge on any atom is 0.289 e. The lowest BCUT2D eigenvalue weighted by Crippen LogP contribution is -2.44. The highest BCUT2D eigenvalue weighted by atomic mass is 16.6. The summed E-state index contributed by atoms with van der Waals surface area (Å²) in [5.41, 5.74) is 1.70. The largest absolute Gasteiger partial charge is 0.471 e. The van der Waals surface area contributed by atoms with Gasteiger partial charge in [0.15, 0.2) is 0 Å². The van der Waals surface area contributed by atoms with Crippen LogP contribution in [-0.4, -0.2) is 48.0 Å². The molecule has 1 aliphatic rings. The molecule has 1 fully saturated rings. The average Bonchev–Trinajstić information content (AvgIpc) is 2.61. The lowest BCUT2D eigenvalue weighted by atomic mass is 10.2. The van der Waals surface area contributed by atoms with E-state index in [1.807, 2.05) is 30.3 Å². The first-order valence-electron chi connectivity index (χ1n) is 7.88. The van der Waals surface area contributed by atoms with E-state index >= 15 is 0 Å². The Hall–Kier alpha value is -2.67. The van der Waals surface area contributed by atoms with Gasteiger partial charge in [-0.05, 0) is 12.6 Å². The molecule has 2 aromatic rings. The van der Waals surface area contributed by atoms with Crippen LogP contribution in [0.2, 0.25) is 0 Å². The molecule has 2 heterocycles. The van der Waals surface area contributed by atoms with E-state index < -0.39 is 4.92 Å². The van der Waals surface area contributed by atoms with E-state index in [0.29, 0.717) is 18.2 Å². The van der Waals surface area contributed by atoms with Gasteiger partial charge in [-0.25, -0.2) is 4.98 Å². The molecule has 1 aromatic carbocycles. The molecular formula is C17H20N4O3. The summed E-state index contributed by atoms with van der Waals surface area (Å²) in [6.45, 7) is 3.77. The number of nitro groups is 1. The summed E-state index contributed by atoms with van der Waals surface area (Å²) in [5, 5.41) is 11.1. The molecule has 3 rings (SSSR count). The van der Waals surface area contributed by atoms with E-state index in [2.05, 4.69) is 21.8 Å². The highest BCUT2D eigenvalue weighted by Crippen LogP contribution is 2.31. The number of aromatic nitrogens is 1. The second-order valence-corrected chi connectivity index (χ2v) is 5.84. The van der Waals surface area contributed by atoms with Crippen LogP contribution in [-0.2, 0) is 6.61 Å². The molecule has 7 nitrogen and oxygen atoms in total. The second-order valence-electron chi connectivity index (χ2n) is 5.84. The van der Waals surface area contributed by atoms with Crippen LogP contribution in [0.5, 0.6) is 5.88 Å². The molecule has 0 N–H and O–H groups in total. The maximum absolute atomic E-state index is 11.1. The Balaban J connectivity index is 1.82. The lowest BCUT2D eigenvalue weighted by Gasteiger charge is -2.34. The molecule has 0 bridgehead atoms. The topological polar surface area (TPSA) is 71.7 Å². The van der Waals surface area contributed by atoms with E-state index in [4.69, 9.17) is 4.74 Å². The number of hydrogen-bond acceptors (Lipinski definition) is 6. The molecule has 1 aliphatic heterocycles. The fourth-order valence-corrected chi connectivity index (χ4v) is 2.64. The van der Waals surface area contributed by atoms with Gasteiger partial charge in [-0.1, -0.05) is 30.3 Å². The number of likely N-dealkylation sites (N-methyl/N-ethyl adjacent to an activating group) is 1. The number of ether oxygens (including phenoxy) is 1. The van der Waals surface area contributed by atoms with Crippen molar-refractivity contribution in [1.82, 2.24) is 9.88 Å². The quantitative estimate of drug-likeness (QED) is 0.619. The normalized spacial score (nSPS) is 15.3. The fourth-order valence-electron chi connectivity index (χ4n) is 2.64. The third kappa shape index (κ3) is 3.80. The van der Waals surface area contributed by atoms with Crippen molar-refractivity contribution < 1.29 is 9.66 Å². The molecule has 126 valence electrons. The Bertz CT molecular complexity index is 700. The lowest BCUT2D eigenvalue weighted by molar-refractivity contribution is -0.385. The van der Waals surface area contributed by atoms with E-state index in [1.54, 1.807) is 6.07 Å².